The van der Waals surface area contributed by atoms with Crippen LogP contribution in [-0.2, 0) is 0 Å². The van der Waals surface area contributed by atoms with Crippen molar-refractivity contribution in [2.24, 2.45) is 0 Å². The molecule has 0 aromatic rings. The lowest BCUT2D eigenvalue weighted by atomic mass is 10.0. The normalized spacial score (nSPS) is 31.6. The molecule has 3 heteroatoms. The highest BCUT2D eigenvalue weighted by Gasteiger charge is 2.27. The van der Waals surface area contributed by atoms with Gasteiger partial charge in [0.2, 0.25) is 0 Å². The zero-order chi connectivity index (χ0) is 11.5. The Morgan fingerprint density at radius 2 is 1.31 bits per heavy atom. The Bertz CT molecular complexity index is 230. The number of piperidine rings is 2. The van der Waals surface area contributed by atoms with E-state index in [0.717, 1.165) is 5.11 Å². The molecular weight excluding hydrogens is 216 g/mol. The number of rotatable bonds is 0. The number of nitrogens with zero attached hydrogens (tertiary/aromatic N) is 2. The van der Waals surface area contributed by atoms with Gasteiger partial charge in [-0.2, -0.15) is 0 Å². The van der Waals surface area contributed by atoms with Crippen LogP contribution in [0.5, 0.6) is 0 Å². The number of thiocarbonyl (C=S) groups is 1. The largest absolute Gasteiger partial charge is 0.346 e. The lowest BCUT2D eigenvalue weighted by Gasteiger charge is -2.44. The zero-order valence-corrected chi connectivity index (χ0v) is 11.4. The Balaban J connectivity index is 1.99. The summed E-state index contributed by atoms with van der Waals surface area (Å²) in [5.74, 6) is 0. The molecule has 0 aromatic carbocycles. The van der Waals surface area contributed by atoms with Gasteiger partial charge < -0.3 is 9.80 Å². The molecule has 0 aliphatic carbocycles. The van der Waals surface area contributed by atoms with E-state index in [0.29, 0.717) is 12.1 Å². The topological polar surface area (TPSA) is 6.48 Å². The molecule has 2 aliphatic rings. The third kappa shape index (κ3) is 2.50. The van der Waals surface area contributed by atoms with Crippen molar-refractivity contribution in [3.05, 3.63) is 0 Å². The van der Waals surface area contributed by atoms with E-state index in [1.54, 1.807) is 0 Å². The molecule has 0 amide bonds. The van der Waals surface area contributed by atoms with Crippen molar-refractivity contribution in [3.63, 3.8) is 0 Å². The summed E-state index contributed by atoms with van der Waals surface area (Å²) >= 11 is 5.70. The molecule has 0 spiro atoms. The van der Waals surface area contributed by atoms with Gasteiger partial charge in [0.05, 0.1) is 0 Å². The minimum atomic E-state index is 0.648. The fourth-order valence-corrected chi connectivity index (χ4v) is 3.47. The standard InChI is InChI=1S/C13H24N2S/c1-11-7-3-5-9-14(11)13(16)15-10-6-4-8-12(15)2/h11-12H,3-10H2,1-2H3. The summed E-state index contributed by atoms with van der Waals surface area (Å²) in [7, 11) is 0. The Hall–Kier alpha value is -0.310. The monoisotopic (exact) mass is 240 g/mol. The third-order valence-corrected chi connectivity index (χ3v) is 4.57. The first-order chi connectivity index (χ1) is 7.70. The van der Waals surface area contributed by atoms with Crippen LogP contribution in [0.25, 0.3) is 0 Å². The highest BCUT2D eigenvalue weighted by molar-refractivity contribution is 7.80. The first-order valence-corrected chi connectivity index (χ1v) is 7.18. The predicted molar refractivity (Wildman–Crippen MR) is 72.6 cm³/mol. The van der Waals surface area contributed by atoms with Crippen LogP contribution in [-0.4, -0.2) is 40.1 Å². The van der Waals surface area contributed by atoms with E-state index in [1.807, 2.05) is 0 Å². The molecule has 0 aromatic heterocycles. The number of hydrogen-bond acceptors (Lipinski definition) is 1. The van der Waals surface area contributed by atoms with Crippen LogP contribution in [0.4, 0.5) is 0 Å². The number of likely N-dealkylation sites (tertiary alicyclic amines) is 2. The van der Waals surface area contributed by atoms with Gasteiger partial charge in [0.1, 0.15) is 0 Å². The second-order valence-electron chi connectivity index (χ2n) is 5.36. The Morgan fingerprint density at radius 3 is 1.69 bits per heavy atom. The van der Waals surface area contributed by atoms with Gasteiger partial charge in [-0.05, 0) is 64.6 Å². The van der Waals surface area contributed by atoms with Crippen LogP contribution in [0.2, 0.25) is 0 Å². The van der Waals surface area contributed by atoms with E-state index >= 15 is 0 Å². The lowest BCUT2D eigenvalue weighted by molar-refractivity contribution is 0.188. The second-order valence-corrected chi connectivity index (χ2v) is 5.72. The van der Waals surface area contributed by atoms with Crippen molar-refractivity contribution in [2.75, 3.05) is 13.1 Å². The molecule has 0 bridgehead atoms. The van der Waals surface area contributed by atoms with E-state index in [4.69, 9.17) is 12.2 Å². The van der Waals surface area contributed by atoms with Gasteiger partial charge in [0.25, 0.3) is 0 Å². The Labute approximate surface area is 105 Å². The summed E-state index contributed by atoms with van der Waals surface area (Å²) in [6.45, 7) is 6.98. The van der Waals surface area contributed by atoms with Gasteiger partial charge in [0.15, 0.2) is 5.11 Å². The van der Waals surface area contributed by atoms with Crippen LogP contribution in [0, 0.1) is 0 Å². The molecule has 0 saturated carbocycles. The third-order valence-electron chi connectivity index (χ3n) is 4.10. The highest BCUT2D eigenvalue weighted by Crippen LogP contribution is 2.23. The molecular formula is C13H24N2S. The summed E-state index contributed by atoms with van der Waals surface area (Å²) in [4.78, 5) is 4.92. The SMILES string of the molecule is CC1CCCCN1C(=S)N1CCCCC1C. The molecule has 92 valence electrons. The van der Waals surface area contributed by atoms with Gasteiger partial charge in [-0.15, -0.1) is 0 Å². The molecule has 2 unspecified atom stereocenters. The average Bonchev–Trinajstić information content (AvgIpc) is 2.29. The fraction of sp³-hybridized carbons (Fsp3) is 0.923. The van der Waals surface area contributed by atoms with Crippen molar-refractivity contribution >= 4 is 17.3 Å². The molecule has 0 N–H and O–H groups in total. The van der Waals surface area contributed by atoms with E-state index in [1.165, 1.54) is 51.6 Å². The summed E-state index contributed by atoms with van der Waals surface area (Å²) in [6, 6.07) is 1.30. The van der Waals surface area contributed by atoms with E-state index in [2.05, 4.69) is 23.6 Å². The van der Waals surface area contributed by atoms with Crippen LogP contribution >= 0.6 is 12.2 Å². The highest BCUT2D eigenvalue weighted by atomic mass is 32.1. The molecule has 16 heavy (non-hydrogen) atoms. The maximum absolute atomic E-state index is 5.70. The molecule has 2 saturated heterocycles. The summed E-state index contributed by atoms with van der Waals surface area (Å²) < 4.78 is 0. The van der Waals surface area contributed by atoms with Crippen molar-refractivity contribution < 1.29 is 0 Å². The van der Waals surface area contributed by atoms with Crippen molar-refractivity contribution in [2.45, 2.75) is 64.5 Å². The molecule has 2 aliphatic heterocycles. The maximum Gasteiger partial charge on any atom is 0.172 e. The summed E-state index contributed by atoms with van der Waals surface area (Å²) in [6.07, 6.45) is 7.98. The lowest BCUT2D eigenvalue weighted by Crippen LogP contribution is -2.53. The Kier molecular flexibility index (Phi) is 4.06. The average molecular weight is 240 g/mol. The summed E-state index contributed by atoms with van der Waals surface area (Å²) in [5, 5.41) is 1.12. The zero-order valence-electron chi connectivity index (χ0n) is 10.6. The van der Waals surface area contributed by atoms with Gasteiger partial charge in [-0.3, -0.25) is 0 Å². The fourth-order valence-electron chi connectivity index (χ4n) is 2.93. The first kappa shape index (κ1) is 12.2. The van der Waals surface area contributed by atoms with E-state index in [9.17, 15) is 0 Å². The quantitative estimate of drug-likeness (QED) is 0.601. The van der Waals surface area contributed by atoms with Crippen molar-refractivity contribution in [1.29, 1.82) is 0 Å². The first-order valence-electron chi connectivity index (χ1n) is 6.77. The maximum atomic E-state index is 5.70. The van der Waals surface area contributed by atoms with Crippen LogP contribution in [0.1, 0.15) is 52.4 Å². The van der Waals surface area contributed by atoms with Gasteiger partial charge >= 0.3 is 0 Å². The molecule has 0 radical (unpaired) electrons. The van der Waals surface area contributed by atoms with Crippen molar-refractivity contribution in [1.82, 2.24) is 9.80 Å². The predicted octanol–water partition coefficient (Wildman–Crippen LogP) is 3.02. The molecule has 2 fully saturated rings. The molecule has 2 heterocycles. The van der Waals surface area contributed by atoms with Crippen LogP contribution < -0.4 is 0 Å². The van der Waals surface area contributed by atoms with Crippen molar-refractivity contribution in [3.8, 4) is 0 Å². The van der Waals surface area contributed by atoms with E-state index < -0.39 is 0 Å². The van der Waals surface area contributed by atoms with Gasteiger partial charge in [0, 0.05) is 25.2 Å². The Morgan fingerprint density at radius 1 is 0.875 bits per heavy atom. The van der Waals surface area contributed by atoms with Gasteiger partial charge in [-0.25, -0.2) is 0 Å². The second kappa shape index (κ2) is 5.35. The summed E-state index contributed by atoms with van der Waals surface area (Å²) in [5.41, 5.74) is 0. The van der Waals surface area contributed by atoms with E-state index in [-0.39, 0.29) is 0 Å². The molecule has 2 atom stereocenters. The van der Waals surface area contributed by atoms with Crippen LogP contribution in [0.15, 0.2) is 0 Å². The number of hydrogen-bond donors (Lipinski definition) is 0. The van der Waals surface area contributed by atoms with Gasteiger partial charge in [-0.1, -0.05) is 0 Å². The smallest absolute Gasteiger partial charge is 0.172 e. The van der Waals surface area contributed by atoms with Crippen LogP contribution in [0.3, 0.4) is 0 Å². The minimum absolute atomic E-state index is 0.648. The molecule has 2 rings (SSSR count). The molecule has 2 nitrogen and oxygen atoms in total. The minimum Gasteiger partial charge on any atom is -0.346 e.